The Morgan fingerprint density at radius 1 is 1.75 bits per heavy atom. The summed E-state index contributed by atoms with van der Waals surface area (Å²) in [6.45, 7) is 0. The summed E-state index contributed by atoms with van der Waals surface area (Å²) in [6, 6.07) is 0. The Balaban J connectivity index is 0. The van der Waals surface area contributed by atoms with Crippen LogP contribution in [-0.2, 0) is 0 Å². The molecule has 0 fully saturated rings. The maximum absolute atomic E-state index is 7.10. The summed E-state index contributed by atoms with van der Waals surface area (Å²) in [6.07, 6.45) is 1.25. The zero-order chi connectivity index (χ0) is 2.71. The summed E-state index contributed by atoms with van der Waals surface area (Å²) < 4.78 is 0. The van der Waals surface area contributed by atoms with Crippen LogP contribution >= 0.6 is 0 Å². The van der Waals surface area contributed by atoms with Crippen molar-refractivity contribution in [1.82, 2.24) is 0 Å². The van der Waals surface area contributed by atoms with Gasteiger partial charge in [0.1, 0.15) is 0 Å². The molecule has 18 valence electrons. The van der Waals surface area contributed by atoms with Gasteiger partial charge < -0.3 is 5.73 Å². The van der Waals surface area contributed by atoms with Crippen molar-refractivity contribution in [2.75, 3.05) is 0 Å². The van der Waals surface area contributed by atoms with E-state index < -0.39 is 0 Å². The van der Waals surface area contributed by atoms with Crippen molar-refractivity contribution in [3.05, 3.63) is 0 Å². The molecule has 2 nitrogen and oxygen atoms in total. The molecule has 0 saturated heterocycles. The van der Waals surface area contributed by atoms with Crippen LogP contribution in [0.5, 0.6) is 0 Å². The summed E-state index contributed by atoms with van der Waals surface area (Å²) in [5.74, 6) is 0. The van der Waals surface area contributed by atoms with Crippen LogP contribution in [0.4, 0.5) is 0 Å². The van der Waals surface area contributed by atoms with Crippen molar-refractivity contribution in [3.8, 4) is 6.19 Å². The maximum atomic E-state index is 7.10. The monoisotopic (exact) mass is 82.0 g/mol. The molecular weight excluding hydrogens is 79.1 g/mol. The van der Waals surface area contributed by atoms with E-state index in [-0.39, 0.29) is 51.4 Å². The van der Waals surface area contributed by atoms with E-state index in [1.54, 1.807) is 0 Å². The fourth-order valence-electron chi connectivity index (χ4n) is 0. The van der Waals surface area contributed by atoms with Crippen LogP contribution in [0.2, 0.25) is 0 Å². The number of hydrogen-bond acceptors (Lipinski definition) is 2. The number of hydrogen-bond donors (Lipinski definition) is 1. The Kier molecular flexibility index (Phi) is 20.1. The fourth-order valence-corrected chi connectivity index (χ4v) is 0. The normalized spacial score (nSPS) is 1.75. The van der Waals surface area contributed by atoms with Crippen LogP contribution in [-0.4, -0.2) is 51.4 Å². The first kappa shape index (κ1) is 8.87. The molecule has 0 aliphatic carbocycles. The van der Waals surface area contributed by atoms with Gasteiger partial charge in [-0.25, -0.2) is 0 Å². The third kappa shape index (κ3) is 12.7. The van der Waals surface area contributed by atoms with Gasteiger partial charge in [-0.15, -0.1) is 0 Å². The van der Waals surface area contributed by atoms with E-state index in [4.69, 9.17) is 5.26 Å². The molecule has 0 heterocycles. The minimum absolute atomic E-state index is 0. The van der Waals surface area contributed by atoms with Gasteiger partial charge >= 0.3 is 51.4 Å². The van der Waals surface area contributed by atoms with Crippen molar-refractivity contribution in [3.63, 3.8) is 0 Å². The molecule has 0 aliphatic rings. The summed E-state index contributed by atoms with van der Waals surface area (Å²) in [5, 5.41) is 7.10. The second-order valence-corrected chi connectivity index (χ2v) is 0.129. The zero-order valence-electron chi connectivity index (χ0n) is 1.52. The van der Waals surface area contributed by atoms with E-state index in [1.807, 2.05) is 0 Å². The molecule has 0 aromatic rings. The van der Waals surface area contributed by atoms with Crippen LogP contribution in [0.15, 0.2) is 0 Å². The van der Waals surface area contributed by atoms with Crippen molar-refractivity contribution in [2.24, 2.45) is 5.73 Å². The van der Waals surface area contributed by atoms with Crippen molar-refractivity contribution in [2.45, 2.75) is 0 Å². The first-order valence-corrected chi connectivity index (χ1v) is 0.512. The molecule has 0 saturated carbocycles. The van der Waals surface area contributed by atoms with Crippen LogP contribution in [0.3, 0.4) is 0 Å². The average Bonchev–Trinajstić information content (AvgIpc) is 0.918. The summed E-state index contributed by atoms with van der Waals surface area (Å²) >= 11 is 0. The molecule has 0 aromatic heterocycles. The van der Waals surface area contributed by atoms with Gasteiger partial charge in [0.05, 0.1) is 0 Å². The predicted octanol–water partition coefficient (Wildman–Crippen LogP) is -1.22. The van der Waals surface area contributed by atoms with Crippen LogP contribution in [0, 0.1) is 11.5 Å². The van der Waals surface area contributed by atoms with Crippen molar-refractivity contribution < 1.29 is 0 Å². The summed E-state index contributed by atoms with van der Waals surface area (Å²) in [7, 11) is 0. The van der Waals surface area contributed by atoms with Gasteiger partial charge in [-0.3, -0.25) is 0 Å². The summed E-state index contributed by atoms with van der Waals surface area (Å²) in [4.78, 5) is 0. The number of nitrogens with two attached hydrogens (primary N) is 1. The van der Waals surface area contributed by atoms with Crippen molar-refractivity contribution >= 4 is 51.4 Å². The quantitative estimate of drug-likeness (QED) is 0.226. The third-order valence-corrected chi connectivity index (χ3v) is 0. The molecule has 0 atom stereocenters. The van der Waals surface area contributed by atoms with E-state index in [0.29, 0.717) is 0 Å². The Morgan fingerprint density at radius 3 is 1.75 bits per heavy atom. The molecule has 2 N–H and O–H groups in total. The first-order valence-electron chi connectivity index (χ1n) is 0.512. The molecule has 0 amide bonds. The van der Waals surface area contributed by atoms with Gasteiger partial charge in [0.2, 0.25) is 0 Å². The molecule has 3 heteroatoms. The molecule has 0 radical (unpaired) electrons. The van der Waals surface area contributed by atoms with Gasteiger partial charge in [0.25, 0.3) is 0 Å². The minimum atomic E-state index is 0. The van der Waals surface area contributed by atoms with Gasteiger partial charge in [-0.05, 0) is 0 Å². The fraction of sp³-hybridized carbons (Fsp3) is 0. The van der Waals surface area contributed by atoms with E-state index in [2.05, 4.69) is 5.73 Å². The van der Waals surface area contributed by atoms with Crippen LogP contribution in [0.1, 0.15) is 0 Å². The number of nitriles is 1. The van der Waals surface area contributed by atoms with Crippen LogP contribution in [0.25, 0.3) is 0 Å². The molecule has 0 rings (SSSR count). The molecule has 0 spiro atoms. The second-order valence-electron chi connectivity index (χ2n) is 0.129. The zero-order valence-corrected chi connectivity index (χ0v) is 1.52. The Morgan fingerprint density at radius 2 is 1.75 bits per heavy atom. The first-order chi connectivity index (χ1) is 1.41. The molecule has 0 bridgehead atoms. The van der Waals surface area contributed by atoms with E-state index >= 15 is 0 Å². The Bertz CT molecular complexity index is 27.5. The second kappa shape index (κ2) is 9.06. The van der Waals surface area contributed by atoms with Crippen LogP contribution < -0.4 is 5.73 Å². The van der Waals surface area contributed by atoms with Crippen molar-refractivity contribution in [1.29, 1.82) is 5.26 Å². The number of rotatable bonds is 0. The third-order valence-electron chi connectivity index (χ3n) is 0. The molecule has 4 heavy (non-hydrogen) atoms. The molecular formula is CH3KN2. The Hall–Kier alpha value is 0.926. The van der Waals surface area contributed by atoms with Gasteiger partial charge in [-0.2, -0.15) is 5.26 Å². The average molecular weight is 82.1 g/mol. The van der Waals surface area contributed by atoms with E-state index in [1.165, 1.54) is 6.19 Å². The topological polar surface area (TPSA) is 49.8 Å². The number of nitrogens with zero attached hydrogens (tertiary/aromatic N) is 1. The van der Waals surface area contributed by atoms with Gasteiger partial charge in [0, 0.05) is 0 Å². The SMILES string of the molecule is N#CN.[KH]. The molecule has 0 aliphatic heterocycles. The van der Waals surface area contributed by atoms with Gasteiger partial charge in [-0.1, -0.05) is 0 Å². The van der Waals surface area contributed by atoms with E-state index in [9.17, 15) is 0 Å². The molecule has 0 unspecified atom stereocenters. The summed E-state index contributed by atoms with van der Waals surface area (Å²) in [5.41, 5.74) is 4.15. The standard InChI is InChI=1S/CH2N2.K.H/c2-1-3;;/h2H2;;. The predicted molar refractivity (Wildman–Crippen MR) is 16.9 cm³/mol. The van der Waals surface area contributed by atoms with Gasteiger partial charge in [0.15, 0.2) is 6.19 Å². The molecule has 0 aromatic carbocycles. The Labute approximate surface area is 67.4 Å². The van der Waals surface area contributed by atoms with E-state index in [0.717, 1.165) is 0 Å².